The van der Waals surface area contributed by atoms with Crippen molar-refractivity contribution < 1.29 is 19.5 Å². The number of thioether (sulfide) groups is 1. The molecule has 1 fully saturated rings. The van der Waals surface area contributed by atoms with E-state index in [1.807, 2.05) is 40.3 Å². The predicted molar refractivity (Wildman–Crippen MR) is 157 cm³/mol. The summed E-state index contributed by atoms with van der Waals surface area (Å²) in [5.74, 6) is -0.869. The van der Waals surface area contributed by atoms with E-state index in [-0.39, 0.29) is 24.4 Å². The summed E-state index contributed by atoms with van der Waals surface area (Å²) in [5, 5.41) is 14.5. The van der Waals surface area contributed by atoms with E-state index in [4.69, 9.17) is 5.73 Å². The molecule has 0 aliphatic carbocycles. The number of carbonyl (C=O) groups is 3. The molecule has 0 saturated carbocycles. The van der Waals surface area contributed by atoms with Gasteiger partial charge in [0.1, 0.15) is 6.04 Å². The van der Waals surface area contributed by atoms with Crippen LogP contribution in [0.25, 0.3) is 10.8 Å². The van der Waals surface area contributed by atoms with Crippen molar-refractivity contribution in [1.82, 2.24) is 25.1 Å². The molecule has 0 spiro atoms. The van der Waals surface area contributed by atoms with Crippen molar-refractivity contribution in [1.29, 1.82) is 0 Å². The third-order valence-corrected chi connectivity index (χ3v) is 7.97. The van der Waals surface area contributed by atoms with Gasteiger partial charge in [-0.2, -0.15) is 11.8 Å². The lowest BCUT2D eigenvalue weighted by molar-refractivity contribution is -0.142. The van der Waals surface area contributed by atoms with Crippen LogP contribution < -0.4 is 11.1 Å². The first-order valence-corrected chi connectivity index (χ1v) is 15.0. The Labute approximate surface area is 238 Å². The SMILES string of the molecule is CSCC[C@H](NC(=O)CN(Cc1cccc2ccccc12)C[C@@H]1CCCN1C(=O)[C@@H](N)Cc1cnc[nH]1)C(=O)O. The number of carboxylic acids is 1. The van der Waals surface area contributed by atoms with Crippen LogP contribution in [-0.4, -0.2) is 92.4 Å². The molecule has 40 heavy (non-hydrogen) atoms. The number of hydrogen-bond acceptors (Lipinski definition) is 7. The van der Waals surface area contributed by atoms with Crippen molar-refractivity contribution in [3.63, 3.8) is 0 Å². The Morgan fingerprint density at radius 3 is 2.80 bits per heavy atom. The van der Waals surface area contributed by atoms with Crippen LogP contribution in [0.1, 0.15) is 30.5 Å². The number of carbonyl (C=O) groups excluding carboxylic acids is 2. The number of benzene rings is 2. The van der Waals surface area contributed by atoms with Gasteiger partial charge in [-0.15, -0.1) is 0 Å². The molecule has 0 unspecified atom stereocenters. The van der Waals surface area contributed by atoms with Crippen molar-refractivity contribution in [2.75, 3.05) is 31.6 Å². The smallest absolute Gasteiger partial charge is 0.326 e. The van der Waals surface area contributed by atoms with Crippen LogP contribution in [0.15, 0.2) is 55.0 Å². The highest BCUT2D eigenvalue weighted by Gasteiger charge is 2.33. The third kappa shape index (κ3) is 7.83. The highest BCUT2D eigenvalue weighted by molar-refractivity contribution is 7.98. The number of nitrogens with one attached hydrogen (secondary N) is 2. The number of carboxylic acid groups (broad SMARTS) is 1. The Bertz CT molecular complexity index is 1280. The first kappa shape index (κ1) is 29.6. The summed E-state index contributed by atoms with van der Waals surface area (Å²) in [7, 11) is 0. The lowest BCUT2D eigenvalue weighted by Crippen LogP contribution is -2.51. The fraction of sp³-hybridized carbons (Fsp3) is 0.448. The molecule has 5 N–H and O–H groups in total. The Morgan fingerprint density at radius 1 is 1.25 bits per heavy atom. The second-order valence-corrected chi connectivity index (χ2v) is 11.2. The second kappa shape index (κ2) is 14.3. The van der Waals surface area contributed by atoms with E-state index in [1.54, 1.807) is 24.3 Å². The molecule has 4 rings (SSSR count). The molecule has 0 radical (unpaired) electrons. The first-order valence-electron chi connectivity index (χ1n) is 13.6. The second-order valence-electron chi connectivity index (χ2n) is 10.3. The molecule has 1 aliphatic rings. The average Bonchev–Trinajstić information content (AvgIpc) is 3.63. The number of aromatic amines is 1. The molecule has 1 aromatic heterocycles. The Morgan fingerprint density at radius 2 is 2.05 bits per heavy atom. The van der Waals surface area contributed by atoms with Gasteiger partial charge in [-0.05, 0) is 47.6 Å². The van der Waals surface area contributed by atoms with Crippen molar-refractivity contribution in [3.05, 3.63) is 66.2 Å². The molecule has 11 heteroatoms. The number of H-pyrrole nitrogens is 1. The van der Waals surface area contributed by atoms with Gasteiger partial charge in [0, 0.05) is 44.0 Å². The van der Waals surface area contributed by atoms with Crippen molar-refractivity contribution in [3.8, 4) is 0 Å². The van der Waals surface area contributed by atoms with Crippen LogP contribution in [0.4, 0.5) is 0 Å². The molecule has 3 atom stereocenters. The molecule has 2 aromatic carbocycles. The zero-order valence-electron chi connectivity index (χ0n) is 22.8. The van der Waals surface area contributed by atoms with Crippen LogP contribution in [0.3, 0.4) is 0 Å². The number of likely N-dealkylation sites (tertiary alicyclic amines) is 1. The zero-order chi connectivity index (χ0) is 28.5. The van der Waals surface area contributed by atoms with Gasteiger partial charge in [0.25, 0.3) is 0 Å². The monoisotopic (exact) mass is 566 g/mol. The summed E-state index contributed by atoms with van der Waals surface area (Å²) in [6.07, 6.45) is 7.53. The van der Waals surface area contributed by atoms with Crippen molar-refractivity contribution in [2.45, 2.75) is 50.4 Å². The first-order chi connectivity index (χ1) is 19.4. The van der Waals surface area contributed by atoms with Crippen molar-refractivity contribution in [2.24, 2.45) is 5.73 Å². The fourth-order valence-corrected chi connectivity index (χ4v) is 5.81. The minimum absolute atomic E-state index is 0.0188. The predicted octanol–water partition coefficient (Wildman–Crippen LogP) is 2.25. The number of fused-ring (bicyclic) bond motifs is 1. The highest BCUT2D eigenvalue weighted by Crippen LogP contribution is 2.23. The number of nitrogens with two attached hydrogens (primary N) is 1. The molecule has 1 saturated heterocycles. The molecule has 2 amide bonds. The molecular weight excluding hydrogens is 528 g/mol. The Balaban J connectivity index is 1.51. The van der Waals surface area contributed by atoms with E-state index in [0.29, 0.717) is 38.2 Å². The van der Waals surface area contributed by atoms with E-state index < -0.39 is 18.1 Å². The number of amides is 2. The average molecular weight is 567 g/mol. The molecule has 1 aliphatic heterocycles. The van der Waals surface area contributed by atoms with Gasteiger partial charge in [-0.1, -0.05) is 42.5 Å². The summed E-state index contributed by atoms with van der Waals surface area (Å²) >= 11 is 1.54. The standard InChI is InChI=1S/C29H38N6O4S/c1-40-13-11-26(29(38)39)33-27(36)18-34(16-21-8-4-7-20-6-2-3-10-24(20)21)17-23-9-5-12-35(23)28(37)25(30)14-22-15-31-19-32-22/h2-4,6-8,10,15,19,23,25-26H,5,9,11-14,16-18,30H2,1H3,(H,31,32)(H,33,36)(H,38,39)/t23-,25-,26-/m0/s1. The van der Waals surface area contributed by atoms with Crippen molar-refractivity contribution >= 4 is 40.3 Å². The lowest BCUT2D eigenvalue weighted by atomic mass is 10.0. The van der Waals surface area contributed by atoms with Gasteiger partial charge >= 0.3 is 5.97 Å². The number of hydrogen-bond donors (Lipinski definition) is 4. The maximum Gasteiger partial charge on any atom is 0.326 e. The summed E-state index contributed by atoms with van der Waals surface area (Å²) in [6, 6.07) is 12.5. The molecule has 0 bridgehead atoms. The number of nitrogens with zero attached hydrogens (tertiary/aromatic N) is 3. The topological polar surface area (TPSA) is 145 Å². The summed E-state index contributed by atoms with van der Waals surface area (Å²) < 4.78 is 0. The van der Waals surface area contributed by atoms with Gasteiger partial charge < -0.3 is 26.0 Å². The number of aliphatic carboxylic acids is 1. The summed E-state index contributed by atoms with van der Waals surface area (Å²) in [6.45, 7) is 1.59. The lowest BCUT2D eigenvalue weighted by Gasteiger charge is -2.32. The minimum atomic E-state index is -1.04. The highest BCUT2D eigenvalue weighted by atomic mass is 32.2. The Hall–Kier alpha value is -3.41. The van der Waals surface area contributed by atoms with E-state index in [1.165, 1.54) is 0 Å². The van der Waals surface area contributed by atoms with Gasteiger partial charge in [0.15, 0.2) is 0 Å². The quantitative estimate of drug-likeness (QED) is 0.233. The molecular formula is C29H38N6O4S. The van der Waals surface area contributed by atoms with Crippen LogP contribution >= 0.6 is 11.8 Å². The van der Waals surface area contributed by atoms with E-state index >= 15 is 0 Å². The molecule has 2 heterocycles. The fourth-order valence-electron chi connectivity index (χ4n) is 5.34. The Kier molecular flexibility index (Phi) is 10.6. The number of rotatable bonds is 14. The maximum atomic E-state index is 13.3. The van der Waals surface area contributed by atoms with Crippen LogP contribution in [0, 0.1) is 0 Å². The molecule has 10 nitrogen and oxygen atoms in total. The molecule has 3 aromatic rings. The van der Waals surface area contributed by atoms with Gasteiger partial charge in [-0.25, -0.2) is 9.78 Å². The van der Waals surface area contributed by atoms with E-state index in [9.17, 15) is 19.5 Å². The van der Waals surface area contributed by atoms with E-state index in [0.717, 1.165) is 34.9 Å². The molecule has 214 valence electrons. The largest absolute Gasteiger partial charge is 0.480 e. The maximum absolute atomic E-state index is 13.3. The third-order valence-electron chi connectivity index (χ3n) is 7.33. The van der Waals surface area contributed by atoms with Gasteiger partial charge in [0.05, 0.1) is 18.9 Å². The van der Waals surface area contributed by atoms with Gasteiger partial charge in [-0.3, -0.25) is 14.5 Å². The number of imidazole rings is 1. The summed E-state index contributed by atoms with van der Waals surface area (Å²) in [4.78, 5) is 49.1. The minimum Gasteiger partial charge on any atom is -0.480 e. The normalized spacial score (nSPS) is 16.8. The van der Waals surface area contributed by atoms with Crippen LogP contribution in [0.2, 0.25) is 0 Å². The van der Waals surface area contributed by atoms with Crippen LogP contribution in [0.5, 0.6) is 0 Å². The zero-order valence-corrected chi connectivity index (χ0v) is 23.6. The summed E-state index contributed by atoms with van der Waals surface area (Å²) in [5.41, 5.74) is 8.17. The van der Waals surface area contributed by atoms with E-state index in [2.05, 4.69) is 33.5 Å². The van der Waals surface area contributed by atoms with Crippen LogP contribution in [-0.2, 0) is 27.3 Å². The van der Waals surface area contributed by atoms with Gasteiger partial charge in [0.2, 0.25) is 11.8 Å². The number of aromatic nitrogens is 2.